The molecule has 3 heterocycles. The van der Waals surface area contributed by atoms with Gasteiger partial charge in [-0.15, -0.1) is 0 Å². The van der Waals surface area contributed by atoms with Crippen molar-refractivity contribution in [1.29, 1.82) is 0 Å². The number of unbranched alkanes of at least 4 members (excludes halogenated alkanes) is 1. The molecule has 0 spiro atoms. The number of urea groups is 1. The topological polar surface area (TPSA) is 75.2 Å². The normalized spacial score (nSPS) is 16.6. The number of aryl methyl sites for hydroxylation is 1. The van der Waals surface area contributed by atoms with Crippen molar-refractivity contribution in [1.82, 2.24) is 4.90 Å². The average Bonchev–Trinajstić information content (AvgIpc) is 3.13. The molecule has 3 aromatic rings. The fraction of sp³-hybridized carbons (Fsp3) is 0.444. The molecule has 0 radical (unpaired) electrons. The molecule has 0 bridgehead atoms. The van der Waals surface area contributed by atoms with Gasteiger partial charge in [0.25, 0.3) is 0 Å². The molecule has 0 saturated carbocycles. The van der Waals surface area contributed by atoms with Gasteiger partial charge < -0.3 is 19.8 Å². The van der Waals surface area contributed by atoms with E-state index in [1.807, 2.05) is 30.3 Å². The Labute approximate surface area is 201 Å². The third kappa shape index (κ3) is 4.99. The van der Waals surface area contributed by atoms with Crippen molar-refractivity contribution in [2.45, 2.75) is 32.1 Å². The van der Waals surface area contributed by atoms with Crippen LogP contribution in [0.2, 0.25) is 0 Å². The van der Waals surface area contributed by atoms with Crippen LogP contribution in [0.25, 0.3) is 11.0 Å². The van der Waals surface area contributed by atoms with Gasteiger partial charge in [0.15, 0.2) is 0 Å². The number of ether oxygens (including phenoxy) is 1. The van der Waals surface area contributed by atoms with Crippen molar-refractivity contribution >= 4 is 28.6 Å². The van der Waals surface area contributed by atoms with Crippen LogP contribution in [0.15, 0.2) is 52.9 Å². The summed E-state index contributed by atoms with van der Waals surface area (Å²) in [5.41, 5.74) is 9.01. The summed E-state index contributed by atoms with van der Waals surface area (Å²) >= 11 is 0. The molecule has 2 amide bonds. The number of primary amides is 1. The van der Waals surface area contributed by atoms with Gasteiger partial charge in [0.05, 0.1) is 12.3 Å². The number of anilines is 2. The largest absolute Gasteiger partial charge is 0.491 e. The van der Waals surface area contributed by atoms with E-state index >= 15 is 0 Å². The summed E-state index contributed by atoms with van der Waals surface area (Å²) in [6, 6.07) is 15.7. The highest BCUT2D eigenvalue weighted by atomic mass is 16.5. The van der Waals surface area contributed by atoms with Gasteiger partial charge in [0.1, 0.15) is 11.3 Å². The van der Waals surface area contributed by atoms with Crippen LogP contribution in [0.1, 0.15) is 31.2 Å². The zero-order valence-electron chi connectivity index (χ0n) is 19.7. The minimum Gasteiger partial charge on any atom is -0.491 e. The minimum atomic E-state index is -0.475. The number of hydrogen-bond acceptors (Lipinski definition) is 5. The number of piperazine rings is 1. The number of para-hydroxylation sites is 2. The Morgan fingerprint density at radius 2 is 1.85 bits per heavy atom. The molecule has 0 aliphatic carbocycles. The number of hydrogen-bond donors (Lipinski definition) is 1. The number of carbonyl (C=O) groups is 1. The second-order valence-corrected chi connectivity index (χ2v) is 9.22. The fourth-order valence-electron chi connectivity index (χ4n) is 5.02. The maximum absolute atomic E-state index is 12.0. The Balaban J connectivity index is 1.10. The molecule has 7 nitrogen and oxygen atoms in total. The van der Waals surface area contributed by atoms with E-state index in [0.717, 1.165) is 81.7 Å². The predicted molar refractivity (Wildman–Crippen MR) is 136 cm³/mol. The van der Waals surface area contributed by atoms with Crippen molar-refractivity contribution < 1.29 is 13.9 Å². The lowest BCUT2D eigenvalue weighted by Gasteiger charge is -2.37. The van der Waals surface area contributed by atoms with Crippen molar-refractivity contribution in [3.8, 4) is 5.75 Å². The molecule has 0 unspecified atom stereocenters. The summed E-state index contributed by atoms with van der Waals surface area (Å²) < 4.78 is 12.0. The van der Waals surface area contributed by atoms with E-state index in [1.54, 1.807) is 4.90 Å². The van der Waals surface area contributed by atoms with Crippen LogP contribution in [0, 0.1) is 0 Å². The molecule has 34 heavy (non-hydrogen) atoms. The van der Waals surface area contributed by atoms with Crippen molar-refractivity contribution in [3.63, 3.8) is 0 Å². The number of nitrogens with zero attached hydrogens (tertiary/aromatic N) is 3. The van der Waals surface area contributed by atoms with Crippen LogP contribution in [-0.4, -0.2) is 56.8 Å². The number of furan rings is 1. The van der Waals surface area contributed by atoms with Crippen LogP contribution < -0.4 is 20.3 Å². The Hall–Kier alpha value is -3.19. The van der Waals surface area contributed by atoms with Crippen LogP contribution in [-0.2, 0) is 6.42 Å². The summed E-state index contributed by atoms with van der Waals surface area (Å²) in [5.74, 6) is 1.62. The summed E-state index contributed by atoms with van der Waals surface area (Å²) in [6.07, 6.45) is 5.33. The lowest BCUT2D eigenvalue weighted by atomic mass is 10.1. The molecule has 0 atom stereocenters. The van der Waals surface area contributed by atoms with Gasteiger partial charge in [0, 0.05) is 44.2 Å². The Bertz CT molecular complexity index is 1090. The second-order valence-electron chi connectivity index (χ2n) is 9.22. The highest BCUT2D eigenvalue weighted by molar-refractivity contribution is 5.92. The predicted octanol–water partition coefficient (Wildman–Crippen LogP) is 4.64. The number of benzene rings is 2. The first kappa shape index (κ1) is 22.6. The standard InChI is InChI=1S/C27H34N4O3/c28-27(32)31(25-20-22-9-1-2-12-24(22)34-25)14-5-4-13-29-15-17-30(18-16-29)23-11-7-10-21-8-3-6-19-33-26(21)23/h1-2,7,9-12,20H,3-6,8,13-19H2,(H2,28,32). The Morgan fingerprint density at radius 3 is 2.68 bits per heavy atom. The van der Waals surface area contributed by atoms with Gasteiger partial charge in [-0.3, -0.25) is 9.80 Å². The second kappa shape index (κ2) is 10.4. The quantitative estimate of drug-likeness (QED) is 0.518. The van der Waals surface area contributed by atoms with Crippen LogP contribution in [0.3, 0.4) is 0 Å². The first-order chi connectivity index (χ1) is 16.7. The summed E-state index contributed by atoms with van der Waals surface area (Å²) in [5, 5.41) is 0.974. The molecule has 1 saturated heterocycles. The third-order valence-corrected chi connectivity index (χ3v) is 6.93. The van der Waals surface area contributed by atoms with Crippen molar-refractivity contribution in [3.05, 3.63) is 54.1 Å². The monoisotopic (exact) mass is 462 g/mol. The molecule has 2 N–H and O–H groups in total. The van der Waals surface area contributed by atoms with E-state index in [-0.39, 0.29) is 0 Å². The first-order valence-electron chi connectivity index (χ1n) is 12.5. The molecule has 5 rings (SSSR count). The average molecular weight is 463 g/mol. The van der Waals surface area contributed by atoms with E-state index in [4.69, 9.17) is 14.9 Å². The minimum absolute atomic E-state index is 0.475. The van der Waals surface area contributed by atoms with E-state index < -0.39 is 6.03 Å². The number of carbonyl (C=O) groups excluding carboxylic acids is 1. The highest BCUT2D eigenvalue weighted by Crippen LogP contribution is 2.35. The molecule has 1 fully saturated rings. The SMILES string of the molecule is NC(=O)N(CCCCN1CCN(c2cccc3c2OCCCC3)CC1)c1cc2ccccc2o1. The van der Waals surface area contributed by atoms with Gasteiger partial charge in [0.2, 0.25) is 5.88 Å². The Kier molecular flexibility index (Phi) is 6.90. The maximum atomic E-state index is 12.0. The van der Waals surface area contributed by atoms with E-state index in [2.05, 4.69) is 28.0 Å². The maximum Gasteiger partial charge on any atom is 0.321 e. The summed E-state index contributed by atoms with van der Waals surface area (Å²) in [7, 11) is 0. The van der Waals surface area contributed by atoms with Gasteiger partial charge in [-0.2, -0.15) is 0 Å². The van der Waals surface area contributed by atoms with Gasteiger partial charge >= 0.3 is 6.03 Å². The molecule has 2 aliphatic rings. The fourth-order valence-corrected chi connectivity index (χ4v) is 5.02. The molecule has 2 aliphatic heterocycles. The summed E-state index contributed by atoms with van der Waals surface area (Å²) in [4.78, 5) is 18.5. The molecule has 1 aromatic heterocycles. The van der Waals surface area contributed by atoms with E-state index in [9.17, 15) is 4.79 Å². The number of fused-ring (bicyclic) bond motifs is 2. The molecular formula is C27H34N4O3. The van der Waals surface area contributed by atoms with E-state index in [1.165, 1.54) is 17.7 Å². The van der Waals surface area contributed by atoms with Crippen molar-refractivity contribution in [2.24, 2.45) is 5.73 Å². The lowest BCUT2D eigenvalue weighted by molar-refractivity contribution is 0.247. The van der Waals surface area contributed by atoms with Crippen LogP contribution in [0.5, 0.6) is 5.75 Å². The summed E-state index contributed by atoms with van der Waals surface area (Å²) in [6.45, 7) is 6.48. The molecule has 180 valence electrons. The highest BCUT2D eigenvalue weighted by Gasteiger charge is 2.22. The first-order valence-corrected chi connectivity index (χ1v) is 12.5. The lowest BCUT2D eigenvalue weighted by Crippen LogP contribution is -2.47. The smallest absolute Gasteiger partial charge is 0.321 e. The number of rotatable bonds is 7. The van der Waals surface area contributed by atoms with E-state index in [0.29, 0.717) is 12.4 Å². The zero-order chi connectivity index (χ0) is 23.3. The third-order valence-electron chi connectivity index (χ3n) is 6.93. The van der Waals surface area contributed by atoms with Gasteiger partial charge in [-0.05, 0) is 56.3 Å². The zero-order valence-corrected chi connectivity index (χ0v) is 19.7. The number of amides is 2. The van der Waals surface area contributed by atoms with Crippen LogP contribution >= 0.6 is 0 Å². The van der Waals surface area contributed by atoms with Gasteiger partial charge in [-0.1, -0.05) is 30.3 Å². The molecule has 7 heteroatoms. The molecular weight excluding hydrogens is 428 g/mol. The van der Waals surface area contributed by atoms with Gasteiger partial charge in [-0.25, -0.2) is 4.79 Å². The van der Waals surface area contributed by atoms with Crippen molar-refractivity contribution in [2.75, 3.05) is 55.7 Å². The molecule has 2 aromatic carbocycles. The number of nitrogens with two attached hydrogens (primary N) is 1. The van der Waals surface area contributed by atoms with Crippen LogP contribution in [0.4, 0.5) is 16.4 Å². The Morgan fingerprint density at radius 1 is 1.00 bits per heavy atom.